The Bertz CT molecular complexity index is 3460. The first-order valence-corrected chi connectivity index (χ1v) is 39.0. The number of thioether (sulfide) groups is 1. The number of rotatable bonds is 52. The Hall–Kier alpha value is -8.24. The summed E-state index contributed by atoms with van der Waals surface area (Å²) in [6.45, 7) is 18.2. The first-order valence-electron chi connectivity index (χ1n) is 37.7. The summed E-state index contributed by atoms with van der Waals surface area (Å²) in [7, 11) is 8.53. The molecule has 7 amide bonds. The van der Waals surface area contributed by atoms with Crippen LogP contribution in [0.5, 0.6) is 0 Å². The molecule has 0 saturated carbocycles. The van der Waals surface area contributed by atoms with Gasteiger partial charge in [-0.1, -0.05) is 127 Å². The largest absolute Gasteiger partial charge is 0.380 e. The Morgan fingerprint density at radius 3 is 2.10 bits per heavy atom. The zero-order valence-corrected chi connectivity index (χ0v) is 67.0. The number of nitrogens with one attached hydrogen (secondary N) is 4. The van der Waals surface area contributed by atoms with Crippen LogP contribution in [0.15, 0.2) is 53.1 Å². The van der Waals surface area contributed by atoms with Crippen molar-refractivity contribution in [3.8, 4) is 11.8 Å². The van der Waals surface area contributed by atoms with Crippen LogP contribution in [0.3, 0.4) is 0 Å². The number of hydrogen-bond donors (Lipinski definition) is 5. The van der Waals surface area contributed by atoms with E-state index in [1.54, 1.807) is 85.2 Å². The summed E-state index contributed by atoms with van der Waals surface area (Å²) in [6, 6.07) is 3.34. The quantitative estimate of drug-likeness (QED) is 0.00717. The zero-order chi connectivity index (χ0) is 80.0. The average Bonchev–Trinajstić information content (AvgIpc) is 1.54. The molecule has 0 unspecified atom stereocenters. The Balaban J connectivity index is 1.27. The molecule has 11 atom stereocenters. The number of likely N-dealkylation sites (tertiary alicyclic amines) is 1. The molecule has 108 heavy (non-hydrogen) atoms. The molecular formula is C77H120N16O14S. The van der Waals surface area contributed by atoms with Crippen molar-refractivity contribution in [3.05, 3.63) is 75.7 Å². The number of likely N-dealkylation sites (N-methyl/N-ethyl adjacent to an activating group) is 2. The molecule has 0 aliphatic carbocycles. The van der Waals surface area contributed by atoms with E-state index in [-0.39, 0.29) is 148 Å². The van der Waals surface area contributed by atoms with Gasteiger partial charge in [-0.05, 0) is 106 Å². The highest BCUT2D eigenvalue weighted by Crippen LogP contribution is 2.32. The van der Waals surface area contributed by atoms with E-state index in [2.05, 4.69) is 63.4 Å². The van der Waals surface area contributed by atoms with E-state index in [4.69, 9.17) is 24.7 Å². The first kappa shape index (κ1) is 92.1. The van der Waals surface area contributed by atoms with Gasteiger partial charge >= 0.3 is 6.03 Å². The summed E-state index contributed by atoms with van der Waals surface area (Å²) >= 11 is 1.45. The number of primary amides is 1. The van der Waals surface area contributed by atoms with Gasteiger partial charge in [0.25, 0.3) is 0 Å². The van der Waals surface area contributed by atoms with Crippen molar-refractivity contribution in [2.45, 2.75) is 219 Å². The molecule has 30 nitrogen and oxygen atoms in total. The minimum absolute atomic E-state index is 0.00402. The third-order valence-electron chi connectivity index (χ3n) is 19.7. The molecule has 1 aliphatic heterocycles. The third kappa shape index (κ3) is 31.8. The van der Waals surface area contributed by atoms with Crippen LogP contribution < -0.4 is 27.0 Å². The van der Waals surface area contributed by atoms with Crippen molar-refractivity contribution in [1.29, 1.82) is 0 Å². The number of carbonyl (C=O) groups excluding carboxylic acids is 10. The monoisotopic (exact) mass is 1520 g/mol. The number of methoxy groups -OCH3 is 2. The highest BCUT2D eigenvalue weighted by atomic mass is 32.2. The molecule has 1 aromatic carbocycles. The SMILES string of the molecule is CC[C@H](C)[C@@H]([C@@H](CC(=O)N1CCC[C@H]1[C@H](OC)[C@@H](C)C(=O)N[C@H](CN=[N+]=[N-])Cc1ccc(CC(=O)[C@H](CCCNC(N)=O)NC(=O)[C@@H](CC(=O)COCC(=O)CCCOCCn2cc(CNC(=O)CCCC#Cc3cnc(SC)nc3)nn2)C(C)C)cc1)OC)N(C)C(=O)[C@@H](CC(=O)[C@H](C(C)C)N(C)C)C(C)C. The smallest absolute Gasteiger partial charge is 0.312 e. The molecule has 6 N–H and O–H groups in total. The zero-order valence-electron chi connectivity index (χ0n) is 66.2. The maximum absolute atomic E-state index is 14.6. The van der Waals surface area contributed by atoms with Gasteiger partial charge in [0.05, 0.1) is 80.2 Å². The van der Waals surface area contributed by atoms with E-state index in [9.17, 15) is 53.5 Å². The minimum Gasteiger partial charge on any atom is -0.380 e. The number of ether oxygens (including phenoxy) is 4. The number of nitrogens with two attached hydrogens (primary N) is 1. The van der Waals surface area contributed by atoms with Crippen LogP contribution in [0.4, 0.5) is 4.79 Å². The molecule has 0 bridgehead atoms. The van der Waals surface area contributed by atoms with E-state index in [1.807, 2.05) is 66.8 Å². The van der Waals surface area contributed by atoms with Gasteiger partial charge in [0.2, 0.25) is 29.5 Å². The lowest BCUT2D eigenvalue weighted by molar-refractivity contribution is -0.149. The maximum atomic E-state index is 14.6. The first-order chi connectivity index (χ1) is 51.5. The van der Waals surface area contributed by atoms with Crippen LogP contribution in [-0.4, -0.2) is 228 Å². The van der Waals surface area contributed by atoms with Crippen molar-refractivity contribution in [1.82, 2.24) is 60.9 Å². The third-order valence-corrected chi connectivity index (χ3v) is 20.3. The maximum Gasteiger partial charge on any atom is 0.312 e. The molecule has 0 spiro atoms. The van der Waals surface area contributed by atoms with Crippen molar-refractivity contribution in [3.63, 3.8) is 0 Å². The average molecular weight is 1530 g/mol. The molecule has 2 aromatic heterocycles. The van der Waals surface area contributed by atoms with E-state index in [0.717, 1.165) is 11.1 Å². The number of Topliss-reactive ketones (excluding diaryl/α,β-unsaturated/α-hetero) is 4. The Morgan fingerprint density at radius 1 is 0.796 bits per heavy atom. The van der Waals surface area contributed by atoms with E-state index in [0.29, 0.717) is 87.7 Å². The molecule has 3 aromatic rings. The fraction of sp³-hybridized carbons (Fsp3) is 0.688. The lowest BCUT2D eigenvalue weighted by atomic mass is 9.83. The van der Waals surface area contributed by atoms with Gasteiger partial charge in [0.1, 0.15) is 18.9 Å². The number of carbonyl (C=O) groups is 10. The molecule has 1 aliphatic rings. The fourth-order valence-electron chi connectivity index (χ4n) is 13.6. The summed E-state index contributed by atoms with van der Waals surface area (Å²) in [5.74, 6) is 0.963. The summed E-state index contributed by atoms with van der Waals surface area (Å²) in [4.78, 5) is 152. The second-order valence-corrected chi connectivity index (χ2v) is 30.0. The van der Waals surface area contributed by atoms with Crippen molar-refractivity contribution in [2.24, 2.45) is 52.3 Å². The standard InChI is InChI=1S/C77H120N16O14S/c1-16-52(8)71(91(12)75(102)62(50(4)5)40-66(97)70(51(6)7)90(10)11)67(104-13)41-69(99)93-33-21-26-64(93)72(105-14)53(9)73(100)85-57(45-84-88-79)37-54-28-30-55(31-29-54)38-65(96)63(25-20-32-80-76(78)103)86-74(101)61(49(2)3)39-60(95)48-107-47-59(94)24-22-35-106-36-34-92-46-58(87-89-92)44-81-68(98)27-19-17-18-23-56-42-82-77(108-15)83-43-56/h28-31,42-43,46,49-53,57,61-64,67,70-72H,16-17,19-22,24-27,32-41,44-45,47-48H2,1-15H3,(H,81,98)(H,85,100)(H,86,101)(H3,78,80,103)/t52-,53+,57-,61-,62-,63-,64-,67+,70-,71-,72+/m0/s1. The lowest BCUT2D eigenvalue weighted by Crippen LogP contribution is -2.54. The predicted octanol–water partition coefficient (Wildman–Crippen LogP) is 7.06. The Kier molecular flexibility index (Phi) is 41.8. The normalized spacial score (nSPS) is 15.7. The van der Waals surface area contributed by atoms with Gasteiger partial charge < -0.3 is 55.7 Å². The number of hydrogen-bond acceptors (Lipinski definition) is 21. The van der Waals surface area contributed by atoms with Crippen LogP contribution in [0.25, 0.3) is 10.4 Å². The summed E-state index contributed by atoms with van der Waals surface area (Å²) < 4.78 is 25.0. The summed E-state index contributed by atoms with van der Waals surface area (Å²) in [5, 5.41) is 23.9. The van der Waals surface area contributed by atoms with Crippen molar-refractivity contribution < 1.29 is 66.9 Å². The van der Waals surface area contributed by atoms with Crippen LogP contribution in [0.2, 0.25) is 0 Å². The number of nitrogens with zero attached hydrogens (tertiary/aromatic N) is 11. The molecule has 4 rings (SSSR count). The van der Waals surface area contributed by atoms with Crippen LogP contribution in [0, 0.1) is 53.3 Å². The number of azide groups is 1. The highest BCUT2D eigenvalue weighted by molar-refractivity contribution is 7.98. The number of ketones is 4. The number of aromatic nitrogens is 5. The molecule has 1 saturated heterocycles. The topological polar surface area (TPSA) is 397 Å². The lowest BCUT2D eigenvalue weighted by Gasteiger charge is -2.41. The predicted molar refractivity (Wildman–Crippen MR) is 410 cm³/mol. The van der Waals surface area contributed by atoms with Gasteiger partial charge in [0, 0.05) is 121 Å². The number of amides is 7. The van der Waals surface area contributed by atoms with Gasteiger partial charge in [-0.15, -0.1) is 5.10 Å². The fourth-order valence-corrected chi connectivity index (χ4v) is 13.9. The van der Waals surface area contributed by atoms with E-state index >= 15 is 0 Å². The van der Waals surface area contributed by atoms with E-state index < -0.39 is 78.5 Å². The molecule has 3 heterocycles. The number of urea groups is 1. The van der Waals surface area contributed by atoms with Crippen LogP contribution in [-0.2, 0) is 88.0 Å². The summed E-state index contributed by atoms with van der Waals surface area (Å²) in [6.07, 6.45) is 9.88. The van der Waals surface area contributed by atoms with Crippen LogP contribution in [0.1, 0.15) is 168 Å². The highest BCUT2D eigenvalue weighted by Gasteiger charge is 2.44. The number of unbranched alkanes of at least 4 members (excludes halogenated alkanes) is 1. The van der Waals surface area contributed by atoms with Crippen LogP contribution >= 0.6 is 11.8 Å². The van der Waals surface area contributed by atoms with Gasteiger partial charge in [-0.25, -0.2) is 19.4 Å². The second kappa shape index (κ2) is 49.0. The molecular weight excluding hydrogens is 1410 g/mol. The summed E-state index contributed by atoms with van der Waals surface area (Å²) in [5.41, 5.74) is 17.4. The Labute approximate surface area is 642 Å². The Morgan fingerprint density at radius 2 is 1.48 bits per heavy atom. The second-order valence-electron chi connectivity index (χ2n) is 29.2. The molecule has 598 valence electrons. The minimum atomic E-state index is -1.01. The van der Waals surface area contributed by atoms with Crippen molar-refractivity contribution >= 4 is 70.5 Å². The van der Waals surface area contributed by atoms with E-state index in [1.165, 1.54) is 26.0 Å². The number of benzene rings is 1. The molecule has 0 radical (unpaired) electrons. The van der Waals surface area contributed by atoms with Crippen molar-refractivity contribution in [2.75, 3.05) is 87.7 Å². The van der Waals surface area contributed by atoms with Gasteiger partial charge in [-0.3, -0.25) is 48.1 Å². The van der Waals surface area contributed by atoms with Gasteiger partial charge in [0.15, 0.2) is 28.3 Å². The van der Waals surface area contributed by atoms with Gasteiger partial charge in [-0.2, -0.15) is 0 Å². The molecule has 1 fully saturated rings. The molecule has 31 heteroatoms.